The van der Waals surface area contributed by atoms with Crippen LogP contribution >= 0.6 is 0 Å². The fourth-order valence-electron chi connectivity index (χ4n) is 1.29. The highest BCUT2D eigenvalue weighted by Crippen LogP contribution is 2.29. The maximum Gasteiger partial charge on any atom is 0.337 e. The number of nitrogens with one attached hydrogen (secondary N) is 1. The molecule has 0 bridgehead atoms. The number of aromatic carboxylic acids is 1. The van der Waals surface area contributed by atoms with E-state index >= 15 is 0 Å². The number of aliphatic hydroxyl groups is 1. The highest BCUT2D eigenvalue weighted by molar-refractivity contribution is 5.94. The summed E-state index contributed by atoms with van der Waals surface area (Å²) in [4.78, 5) is 11.0. The number of hydrogen-bond donors (Lipinski definition) is 3. The Labute approximate surface area is 105 Å². The van der Waals surface area contributed by atoms with Gasteiger partial charge >= 0.3 is 5.97 Å². The molecule has 0 aliphatic carbocycles. The number of rotatable bonds is 4. The predicted octanol–water partition coefficient (Wildman–Crippen LogP) is 2.49. The average molecular weight is 255 g/mol. The molecule has 0 heterocycles. The van der Waals surface area contributed by atoms with Gasteiger partial charge in [0.05, 0.1) is 22.4 Å². The molecule has 1 aromatic carbocycles. The molecule has 0 saturated carbocycles. The van der Waals surface area contributed by atoms with Crippen molar-refractivity contribution in [3.8, 4) is 0 Å². The summed E-state index contributed by atoms with van der Waals surface area (Å²) < 4.78 is 13.7. The number of halogens is 1. The lowest BCUT2D eigenvalue weighted by Crippen LogP contribution is -2.51. The molecule has 18 heavy (non-hydrogen) atoms. The minimum absolute atomic E-state index is 0.114. The maximum atomic E-state index is 13.7. The first-order valence-electron chi connectivity index (χ1n) is 5.58. The zero-order valence-electron chi connectivity index (χ0n) is 10.9. The van der Waals surface area contributed by atoms with Gasteiger partial charge in [-0.2, -0.15) is 0 Å². The quantitative estimate of drug-likeness (QED) is 0.773. The Morgan fingerprint density at radius 1 is 1.28 bits per heavy atom. The molecule has 0 spiro atoms. The van der Waals surface area contributed by atoms with Crippen LogP contribution in [0.3, 0.4) is 0 Å². The SMILES string of the molecule is CC(C)(O)C(C)(C)Nc1c(F)cccc1C(=O)O. The van der Waals surface area contributed by atoms with Gasteiger partial charge in [0.15, 0.2) is 0 Å². The van der Waals surface area contributed by atoms with Crippen LogP contribution < -0.4 is 5.32 Å². The number of benzene rings is 1. The standard InChI is InChI=1S/C13H18FNO3/c1-12(2,13(3,4)18)15-10-8(11(16)17)6-5-7-9(10)14/h5-7,15,18H,1-4H3,(H,16,17). The van der Waals surface area contributed by atoms with E-state index < -0.39 is 22.9 Å². The predicted molar refractivity (Wildman–Crippen MR) is 67.4 cm³/mol. The number of hydrogen-bond acceptors (Lipinski definition) is 3. The normalized spacial score (nSPS) is 12.3. The third-order valence-electron chi connectivity index (χ3n) is 3.21. The number of carboxylic acid groups (broad SMARTS) is 1. The van der Waals surface area contributed by atoms with Gasteiger partial charge in [-0.05, 0) is 39.8 Å². The summed E-state index contributed by atoms with van der Waals surface area (Å²) >= 11 is 0. The molecule has 0 aliphatic rings. The fraction of sp³-hybridized carbons (Fsp3) is 0.462. The molecule has 1 rings (SSSR count). The summed E-state index contributed by atoms with van der Waals surface area (Å²) in [6.45, 7) is 6.48. The molecule has 0 unspecified atom stereocenters. The smallest absolute Gasteiger partial charge is 0.337 e. The Hall–Kier alpha value is -1.62. The van der Waals surface area contributed by atoms with Crippen molar-refractivity contribution in [3.63, 3.8) is 0 Å². The van der Waals surface area contributed by atoms with Gasteiger partial charge in [-0.15, -0.1) is 0 Å². The topological polar surface area (TPSA) is 69.6 Å². The zero-order valence-corrected chi connectivity index (χ0v) is 10.9. The third kappa shape index (κ3) is 2.79. The second kappa shape index (κ2) is 4.57. The Morgan fingerprint density at radius 2 is 1.83 bits per heavy atom. The molecule has 0 radical (unpaired) electrons. The van der Waals surface area contributed by atoms with E-state index in [1.165, 1.54) is 18.2 Å². The first kappa shape index (κ1) is 14.4. The molecular weight excluding hydrogens is 237 g/mol. The van der Waals surface area contributed by atoms with Crippen molar-refractivity contribution in [3.05, 3.63) is 29.6 Å². The van der Waals surface area contributed by atoms with Gasteiger partial charge in [0.25, 0.3) is 0 Å². The van der Waals surface area contributed by atoms with Crippen LogP contribution in [0.1, 0.15) is 38.1 Å². The van der Waals surface area contributed by atoms with Crippen LogP contribution in [0.5, 0.6) is 0 Å². The number of para-hydroxylation sites is 1. The van der Waals surface area contributed by atoms with Crippen LogP contribution in [-0.4, -0.2) is 27.3 Å². The van der Waals surface area contributed by atoms with Crippen molar-refractivity contribution in [2.75, 3.05) is 5.32 Å². The summed E-state index contributed by atoms with van der Waals surface area (Å²) in [5.41, 5.74) is -2.31. The Kier molecular flexibility index (Phi) is 3.67. The average Bonchev–Trinajstić information content (AvgIpc) is 2.18. The van der Waals surface area contributed by atoms with E-state index in [0.717, 1.165) is 0 Å². The third-order valence-corrected chi connectivity index (χ3v) is 3.21. The van der Waals surface area contributed by atoms with Crippen LogP contribution in [0.25, 0.3) is 0 Å². The Balaban J connectivity index is 3.23. The molecule has 0 atom stereocenters. The van der Waals surface area contributed by atoms with Gasteiger partial charge in [-0.1, -0.05) is 6.07 Å². The van der Waals surface area contributed by atoms with E-state index in [9.17, 15) is 14.3 Å². The summed E-state index contributed by atoms with van der Waals surface area (Å²) in [6.07, 6.45) is 0. The van der Waals surface area contributed by atoms with E-state index in [-0.39, 0.29) is 11.3 Å². The van der Waals surface area contributed by atoms with E-state index in [0.29, 0.717) is 0 Å². The summed E-state index contributed by atoms with van der Waals surface area (Å²) in [5, 5.41) is 21.8. The van der Waals surface area contributed by atoms with E-state index in [4.69, 9.17) is 5.11 Å². The number of carbonyl (C=O) groups is 1. The van der Waals surface area contributed by atoms with Crippen LogP contribution in [-0.2, 0) is 0 Å². The minimum atomic E-state index is -1.22. The Morgan fingerprint density at radius 3 is 2.28 bits per heavy atom. The molecule has 0 amide bonds. The van der Waals surface area contributed by atoms with E-state index in [1.807, 2.05) is 0 Å². The Bertz CT molecular complexity index is 464. The van der Waals surface area contributed by atoms with Gasteiger partial charge in [-0.3, -0.25) is 0 Å². The molecule has 0 fully saturated rings. The number of carboxylic acids is 1. The zero-order chi connectivity index (χ0) is 14.1. The molecule has 3 N–H and O–H groups in total. The summed E-state index contributed by atoms with van der Waals surface area (Å²) in [6, 6.07) is 3.82. The van der Waals surface area contributed by atoms with Crippen molar-refractivity contribution in [2.45, 2.75) is 38.8 Å². The molecule has 4 nitrogen and oxygen atoms in total. The monoisotopic (exact) mass is 255 g/mol. The molecule has 1 aromatic rings. The second-order valence-electron chi connectivity index (χ2n) is 5.28. The van der Waals surface area contributed by atoms with Gasteiger partial charge in [0.2, 0.25) is 0 Å². The highest BCUT2D eigenvalue weighted by Gasteiger charge is 2.36. The van der Waals surface area contributed by atoms with Crippen molar-refractivity contribution in [2.24, 2.45) is 0 Å². The first-order valence-corrected chi connectivity index (χ1v) is 5.58. The lowest BCUT2D eigenvalue weighted by Gasteiger charge is -2.39. The molecule has 100 valence electrons. The lowest BCUT2D eigenvalue weighted by molar-refractivity contribution is 0.0238. The van der Waals surface area contributed by atoms with Crippen LogP contribution in [0.15, 0.2) is 18.2 Å². The second-order valence-corrected chi connectivity index (χ2v) is 5.28. The van der Waals surface area contributed by atoms with Gasteiger partial charge in [0.1, 0.15) is 5.82 Å². The van der Waals surface area contributed by atoms with Crippen molar-refractivity contribution >= 4 is 11.7 Å². The maximum absolute atomic E-state index is 13.7. The molecule has 5 heteroatoms. The molecule has 0 aromatic heterocycles. The lowest BCUT2D eigenvalue weighted by atomic mass is 9.85. The fourth-order valence-corrected chi connectivity index (χ4v) is 1.29. The van der Waals surface area contributed by atoms with E-state index in [1.54, 1.807) is 27.7 Å². The van der Waals surface area contributed by atoms with Crippen LogP contribution in [0.4, 0.5) is 10.1 Å². The van der Waals surface area contributed by atoms with Crippen molar-refractivity contribution in [1.82, 2.24) is 0 Å². The summed E-state index contributed by atoms with van der Waals surface area (Å²) in [5.74, 6) is -1.88. The van der Waals surface area contributed by atoms with Crippen LogP contribution in [0, 0.1) is 5.82 Å². The van der Waals surface area contributed by atoms with Gasteiger partial charge in [0, 0.05) is 0 Å². The van der Waals surface area contributed by atoms with Crippen molar-refractivity contribution < 1.29 is 19.4 Å². The number of anilines is 1. The molecule has 0 aliphatic heterocycles. The largest absolute Gasteiger partial charge is 0.478 e. The molecular formula is C13H18FNO3. The summed E-state index contributed by atoms with van der Waals surface area (Å²) in [7, 11) is 0. The minimum Gasteiger partial charge on any atom is -0.478 e. The highest BCUT2D eigenvalue weighted by atomic mass is 19.1. The van der Waals surface area contributed by atoms with Crippen LogP contribution in [0.2, 0.25) is 0 Å². The van der Waals surface area contributed by atoms with Gasteiger partial charge < -0.3 is 15.5 Å². The molecule has 0 saturated heterocycles. The van der Waals surface area contributed by atoms with E-state index in [2.05, 4.69) is 5.32 Å². The first-order chi connectivity index (χ1) is 8.06. The van der Waals surface area contributed by atoms with Gasteiger partial charge in [-0.25, -0.2) is 9.18 Å². The van der Waals surface area contributed by atoms with Crippen molar-refractivity contribution in [1.29, 1.82) is 0 Å².